The largest absolute Gasteiger partial charge is 0.383 e. The van der Waals surface area contributed by atoms with Gasteiger partial charge < -0.3 is 16.5 Å². The Kier molecular flexibility index (Phi) is 3.87. The first-order chi connectivity index (χ1) is 8.95. The topological polar surface area (TPSA) is 97.8 Å². The predicted octanol–water partition coefficient (Wildman–Crippen LogP) is 1.66. The summed E-state index contributed by atoms with van der Waals surface area (Å²) in [6, 6.07) is 5.64. The molecule has 0 bridgehead atoms. The highest BCUT2D eigenvalue weighted by molar-refractivity contribution is 7.99. The van der Waals surface area contributed by atoms with Crippen LogP contribution in [0, 0.1) is 5.82 Å². The van der Waals surface area contributed by atoms with Crippen molar-refractivity contribution in [2.75, 3.05) is 5.73 Å². The van der Waals surface area contributed by atoms with Gasteiger partial charge in [0.05, 0.1) is 4.90 Å². The zero-order chi connectivity index (χ0) is 14.0. The molecule has 0 spiro atoms. The molecule has 100 valence electrons. The van der Waals surface area contributed by atoms with E-state index in [1.165, 1.54) is 12.1 Å². The van der Waals surface area contributed by atoms with Crippen LogP contribution in [0.4, 0.5) is 10.2 Å². The van der Waals surface area contributed by atoms with Crippen LogP contribution in [-0.2, 0) is 0 Å². The number of H-pyrrole nitrogens is 1. The summed E-state index contributed by atoms with van der Waals surface area (Å²) in [6.07, 6.45) is 0. The van der Waals surface area contributed by atoms with E-state index in [1.807, 2.05) is 0 Å². The minimum atomic E-state index is -0.412. The molecule has 0 saturated heterocycles. The van der Waals surface area contributed by atoms with Gasteiger partial charge in [0, 0.05) is 12.1 Å². The van der Waals surface area contributed by atoms with Gasteiger partial charge in [-0.2, -0.15) is 0 Å². The Morgan fingerprint density at radius 3 is 2.74 bits per heavy atom. The monoisotopic (exact) mass is 280 g/mol. The lowest BCUT2D eigenvalue weighted by molar-refractivity contribution is 0.596. The Morgan fingerprint density at radius 2 is 2.16 bits per heavy atom. The van der Waals surface area contributed by atoms with Crippen LogP contribution in [0.5, 0.6) is 0 Å². The fourth-order valence-corrected chi connectivity index (χ4v) is 2.29. The summed E-state index contributed by atoms with van der Waals surface area (Å²) in [5.74, 6) is -0.316. The third-order valence-electron chi connectivity index (χ3n) is 2.43. The lowest BCUT2D eigenvalue weighted by atomic mass is 10.1. The van der Waals surface area contributed by atoms with Crippen molar-refractivity contribution >= 4 is 17.6 Å². The molecule has 19 heavy (non-hydrogen) atoms. The molecule has 0 aliphatic carbocycles. The van der Waals surface area contributed by atoms with Gasteiger partial charge in [0.15, 0.2) is 5.16 Å². The minimum absolute atomic E-state index is 0.0962. The zero-order valence-electron chi connectivity index (χ0n) is 10.2. The second kappa shape index (κ2) is 5.41. The van der Waals surface area contributed by atoms with Crippen LogP contribution in [0.15, 0.2) is 39.1 Å². The molecule has 1 aromatic carbocycles. The number of hydrogen-bond donors (Lipinski definition) is 3. The van der Waals surface area contributed by atoms with Crippen LogP contribution in [0.25, 0.3) is 0 Å². The van der Waals surface area contributed by atoms with Gasteiger partial charge in [-0.05, 0) is 36.4 Å². The molecule has 1 heterocycles. The number of nitrogens with zero attached hydrogens (tertiary/aromatic N) is 1. The number of nitrogens with one attached hydrogen (secondary N) is 1. The maximum Gasteiger partial charge on any atom is 0.253 e. The molecule has 0 fully saturated rings. The van der Waals surface area contributed by atoms with Crippen LogP contribution in [0.1, 0.15) is 18.5 Å². The highest BCUT2D eigenvalue weighted by Gasteiger charge is 2.09. The lowest BCUT2D eigenvalue weighted by Crippen LogP contribution is -2.09. The van der Waals surface area contributed by atoms with Crippen LogP contribution in [0.3, 0.4) is 0 Å². The van der Waals surface area contributed by atoms with Crippen LogP contribution in [0.2, 0.25) is 0 Å². The van der Waals surface area contributed by atoms with Crippen molar-refractivity contribution in [3.05, 3.63) is 46.0 Å². The van der Waals surface area contributed by atoms with E-state index in [-0.39, 0.29) is 22.6 Å². The highest BCUT2D eigenvalue weighted by atomic mass is 32.2. The molecule has 1 atom stereocenters. The molecule has 5 N–H and O–H groups in total. The van der Waals surface area contributed by atoms with Crippen molar-refractivity contribution < 1.29 is 4.39 Å². The average molecular weight is 280 g/mol. The molecule has 0 saturated carbocycles. The Balaban J connectivity index is 2.30. The van der Waals surface area contributed by atoms with Gasteiger partial charge in [0.2, 0.25) is 0 Å². The number of anilines is 1. The number of nitrogens with two attached hydrogens (primary N) is 2. The van der Waals surface area contributed by atoms with E-state index in [0.29, 0.717) is 10.5 Å². The fourth-order valence-electron chi connectivity index (χ4n) is 1.49. The molecular formula is C12H13FN4OS. The van der Waals surface area contributed by atoms with Gasteiger partial charge in [-0.3, -0.25) is 4.79 Å². The molecule has 7 heteroatoms. The van der Waals surface area contributed by atoms with E-state index >= 15 is 0 Å². The Morgan fingerprint density at radius 1 is 1.42 bits per heavy atom. The lowest BCUT2D eigenvalue weighted by Gasteiger charge is -2.08. The van der Waals surface area contributed by atoms with E-state index in [1.54, 1.807) is 19.1 Å². The van der Waals surface area contributed by atoms with Gasteiger partial charge in [-0.15, -0.1) is 0 Å². The SMILES string of the molecule is CC(N)c1ccc(Sc2nc(N)cc(=O)[nH]2)c(F)c1. The van der Waals surface area contributed by atoms with Gasteiger partial charge in [0.25, 0.3) is 5.56 Å². The molecule has 0 amide bonds. The first-order valence-electron chi connectivity index (χ1n) is 5.55. The third-order valence-corrected chi connectivity index (χ3v) is 3.37. The van der Waals surface area contributed by atoms with E-state index in [4.69, 9.17) is 11.5 Å². The molecule has 0 aliphatic heterocycles. The summed E-state index contributed by atoms with van der Waals surface area (Å²) in [5, 5.41) is 0.248. The zero-order valence-corrected chi connectivity index (χ0v) is 11.0. The molecule has 2 aromatic rings. The van der Waals surface area contributed by atoms with Gasteiger partial charge >= 0.3 is 0 Å². The molecule has 1 unspecified atom stereocenters. The van der Waals surface area contributed by atoms with Crippen molar-refractivity contribution in [2.45, 2.75) is 23.0 Å². The second-order valence-corrected chi connectivity index (χ2v) is 5.09. The number of hydrogen-bond acceptors (Lipinski definition) is 5. The minimum Gasteiger partial charge on any atom is -0.383 e. The molecular weight excluding hydrogens is 267 g/mol. The first-order valence-corrected chi connectivity index (χ1v) is 6.37. The van der Waals surface area contributed by atoms with Gasteiger partial charge in [-0.1, -0.05) is 6.07 Å². The number of benzene rings is 1. The second-order valence-electron chi connectivity index (χ2n) is 4.06. The van der Waals surface area contributed by atoms with Crippen molar-refractivity contribution in [1.82, 2.24) is 9.97 Å². The molecule has 1 aromatic heterocycles. The maximum atomic E-state index is 13.9. The Labute approximate surface area is 113 Å². The molecule has 0 radical (unpaired) electrons. The summed E-state index contributed by atoms with van der Waals surface area (Å²) in [5.41, 5.74) is 11.5. The van der Waals surface area contributed by atoms with Gasteiger partial charge in [0.1, 0.15) is 11.6 Å². The van der Waals surface area contributed by atoms with Crippen LogP contribution >= 0.6 is 11.8 Å². The highest BCUT2D eigenvalue weighted by Crippen LogP contribution is 2.28. The maximum absolute atomic E-state index is 13.9. The van der Waals surface area contributed by atoms with Crippen LogP contribution in [-0.4, -0.2) is 9.97 Å². The summed E-state index contributed by atoms with van der Waals surface area (Å²) in [6.45, 7) is 1.78. The molecule has 2 rings (SSSR count). The normalized spacial score (nSPS) is 12.4. The summed E-state index contributed by atoms with van der Waals surface area (Å²) in [7, 11) is 0. The number of rotatable bonds is 3. The summed E-state index contributed by atoms with van der Waals surface area (Å²) < 4.78 is 13.9. The van der Waals surface area contributed by atoms with E-state index in [0.717, 1.165) is 11.8 Å². The third kappa shape index (κ3) is 3.33. The first kappa shape index (κ1) is 13.6. The van der Waals surface area contributed by atoms with E-state index < -0.39 is 5.82 Å². The molecule has 0 aliphatic rings. The summed E-state index contributed by atoms with van der Waals surface area (Å²) >= 11 is 1.00. The quantitative estimate of drug-likeness (QED) is 0.743. The Hall–Kier alpha value is -1.86. The fraction of sp³-hybridized carbons (Fsp3) is 0.167. The smallest absolute Gasteiger partial charge is 0.253 e. The van der Waals surface area contributed by atoms with Crippen molar-refractivity contribution in [1.29, 1.82) is 0 Å². The van der Waals surface area contributed by atoms with Crippen LogP contribution < -0.4 is 17.0 Å². The van der Waals surface area contributed by atoms with Crippen molar-refractivity contribution in [2.24, 2.45) is 5.73 Å². The summed E-state index contributed by atoms with van der Waals surface area (Å²) in [4.78, 5) is 18.0. The number of aromatic amines is 1. The number of nitrogen functional groups attached to an aromatic ring is 1. The standard InChI is InChI=1S/C12H13FN4OS/c1-6(14)7-2-3-9(8(13)4-7)19-12-16-10(15)5-11(18)17-12/h2-6H,14H2,1H3,(H3,15,16,17,18). The van der Waals surface area contributed by atoms with Gasteiger partial charge in [-0.25, -0.2) is 9.37 Å². The predicted molar refractivity (Wildman–Crippen MR) is 72.4 cm³/mol. The number of aromatic nitrogens is 2. The van der Waals surface area contributed by atoms with Crippen molar-refractivity contribution in [3.8, 4) is 0 Å². The van der Waals surface area contributed by atoms with E-state index in [2.05, 4.69) is 9.97 Å². The molecule has 5 nitrogen and oxygen atoms in total. The van der Waals surface area contributed by atoms with Crippen molar-refractivity contribution in [3.63, 3.8) is 0 Å². The number of halogens is 1. The Bertz CT molecular complexity index is 656. The van der Waals surface area contributed by atoms with E-state index in [9.17, 15) is 9.18 Å². The average Bonchev–Trinajstić information content (AvgIpc) is 2.30.